The Morgan fingerprint density at radius 1 is 0.969 bits per heavy atom. The van der Waals surface area contributed by atoms with Gasteiger partial charge in [0.05, 0.1) is 19.7 Å². The van der Waals surface area contributed by atoms with Crippen LogP contribution in [0.1, 0.15) is 5.56 Å². The first-order valence-electron chi connectivity index (χ1n) is 10.8. The van der Waals surface area contributed by atoms with Gasteiger partial charge in [0, 0.05) is 44.2 Å². The van der Waals surface area contributed by atoms with E-state index in [2.05, 4.69) is 61.2 Å². The highest BCUT2D eigenvalue weighted by Crippen LogP contribution is 2.36. The van der Waals surface area contributed by atoms with E-state index in [1.807, 2.05) is 18.2 Å². The fourth-order valence-corrected chi connectivity index (χ4v) is 4.29. The summed E-state index contributed by atoms with van der Waals surface area (Å²) in [5.74, 6) is 2.33. The monoisotopic (exact) mass is 429 g/mol. The van der Waals surface area contributed by atoms with E-state index in [9.17, 15) is 0 Å². The lowest BCUT2D eigenvalue weighted by molar-refractivity contribution is 0.284. The fraction of sp³-hybridized carbons (Fsp3) is 0.280. The molecule has 0 aliphatic carbocycles. The van der Waals surface area contributed by atoms with Gasteiger partial charge in [0.15, 0.2) is 17.3 Å². The van der Waals surface area contributed by atoms with Gasteiger partial charge in [0.1, 0.15) is 17.4 Å². The van der Waals surface area contributed by atoms with E-state index in [1.54, 1.807) is 20.5 Å². The quantitative estimate of drug-likeness (QED) is 0.500. The maximum atomic E-state index is 5.48. The maximum Gasteiger partial charge on any atom is 0.162 e. The Morgan fingerprint density at radius 2 is 1.72 bits per heavy atom. The SMILES string of the molecule is COc1cc2[nH]c3c(N4CCN(CC=Cc5ccccc5)CC4)ncnc3c2cc1OC. The highest BCUT2D eigenvalue weighted by molar-refractivity contribution is 6.09. The molecule has 1 saturated heterocycles. The second-order valence-corrected chi connectivity index (χ2v) is 7.90. The molecule has 2 aromatic carbocycles. The second kappa shape index (κ2) is 8.88. The predicted molar refractivity (Wildman–Crippen MR) is 129 cm³/mol. The van der Waals surface area contributed by atoms with Crippen LogP contribution in [-0.2, 0) is 0 Å². The van der Waals surface area contributed by atoms with Crippen LogP contribution in [0.5, 0.6) is 11.5 Å². The molecule has 164 valence electrons. The number of fused-ring (bicyclic) bond motifs is 3. The molecule has 0 saturated carbocycles. The van der Waals surface area contributed by atoms with E-state index in [0.29, 0.717) is 11.5 Å². The third-order valence-corrected chi connectivity index (χ3v) is 6.01. The average Bonchev–Trinajstić information content (AvgIpc) is 3.22. The second-order valence-electron chi connectivity index (χ2n) is 7.90. The van der Waals surface area contributed by atoms with Crippen LogP contribution >= 0.6 is 0 Å². The molecule has 0 unspecified atom stereocenters. The zero-order valence-electron chi connectivity index (χ0n) is 18.4. The molecule has 1 aliphatic rings. The zero-order valence-corrected chi connectivity index (χ0v) is 18.4. The number of ether oxygens (including phenoxy) is 2. The number of methoxy groups -OCH3 is 2. The summed E-state index contributed by atoms with van der Waals surface area (Å²) in [6.45, 7) is 4.79. The van der Waals surface area contributed by atoms with Crippen molar-refractivity contribution in [2.24, 2.45) is 0 Å². The molecular weight excluding hydrogens is 402 g/mol. The zero-order chi connectivity index (χ0) is 21.9. The molecule has 1 fully saturated rings. The molecule has 7 heteroatoms. The van der Waals surface area contributed by atoms with Crippen LogP contribution in [0, 0.1) is 0 Å². The van der Waals surface area contributed by atoms with Gasteiger partial charge in [-0.15, -0.1) is 0 Å². The first-order valence-corrected chi connectivity index (χ1v) is 10.8. The number of nitrogens with zero attached hydrogens (tertiary/aromatic N) is 4. The van der Waals surface area contributed by atoms with E-state index >= 15 is 0 Å². The molecule has 0 amide bonds. The van der Waals surface area contributed by atoms with Crippen LogP contribution in [0.3, 0.4) is 0 Å². The van der Waals surface area contributed by atoms with Gasteiger partial charge < -0.3 is 19.4 Å². The molecular formula is C25H27N5O2. The summed E-state index contributed by atoms with van der Waals surface area (Å²) in [7, 11) is 3.29. The third-order valence-electron chi connectivity index (χ3n) is 6.01. The summed E-state index contributed by atoms with van der Waals surface area (Å²) in [6, 6.07) is 14.4. The van der Waals surface area contributed by atoms with Crippen LogP contribution in [0.15, 0.2) is 54.9 Å². The number of anilines is 1. The van der Waals surface area contributed by atoms with Crippen molar-refractivity contribution in [1.29, 1.82) is 0 Å². The molecule has 5 rings (SSSR count). The Balaban J connectivity index is 1.33. The molecule has 1 N–H and O–H groups in total. The molecule has 1 aliphatic heterocycles. The molecule has 2 aromatic heterocycles. The number of aromatic amines is 1. The highest BCUT2D eigenvalue weighted by atomic mass is 16.5. The molecule has 0 radical (unpaired) electrons. The van der Waals surface area contributed by atoms with Gasteiger partial charge in [0.25, 0.3) is 0 Å². The molecule has 4 aromatic rings. The normalized spacial score (nSPS) is 15.1. The summed E-state index contributed by atoms with van der Waals surface area (Å²) in [5, 5.41) is 1.01. The van der Waals surface area contributed by atoms with Gasteiger partial charge in [-0.1, -0.05) is 42.5 Å². The Labute approximate surface area is 187 Å². The molecule has 0 spiro atoms. The molecule has 7 nitrogen and oxygen atoms in total. The molecule has 0 atom stereocenters. The van der Waals surface area contributed by atoms with Crippen LogP contribution in [0.25, 0.3) is 28.0 Å². The largest absolute Gasteiger partial charge is 0.493 e. The fourth-order valence-electron chi connectivity index (χ4n) is 4.29. The van der Waals surface area contributed by atoms with Crippen LogP contribution in [-0.4, -0.2) is 66.8 Å². The van der Waals surface area contributed by atoms with Crippen molar-refractivity contribution in [3.05, 3.63) is 60.4 Å². The van der Waals surface area contributed by atoms with Crippen molar-refractivity contribution in [3.63, 3.8) is 0 Å². The summed E-state index contributed by atoms with van der Waals surface area (Å²) in [5.41, 5.74) is 4.06. The third kappa shape index (κ3) is 3.87. The Morgan fingerprint density at radius 3 is 2.47 bits per heavy atom. The van der Waals surface area contributed by atoms with Gasteiger partial charge in [-0.25, -0.2) is 9.97 Å². The number of H-pyrrole nitrogens is 1. The predicted octanol–water partition coefficient (Wildman–Crippen LogP) is 3.96. The minimum absolute atomic E-state index is 0.693. The minimum Gasteiger partial charge on any atom is -0.493 e. The van der Waals surface area contributed by atoms with Crippen molar-refractivity contribution in [1.82, 2.24) is 19.9 Å². The van der Waals surface area contributed by atoms with Crippen molar-refractivity contribution in [2.45, 2.75) is 0 Å². The van der Waals surface area contributed by atoms with Gasteiger partial charge in [-0.3, -0.25) is 4.90 Å². The van der Waals surface area contributed by atoms with E-state index in [0.717, 1.165) is 60.5 Å². The maximum absolute atomic E-state index is 5.48. The van der Waals surface area contributed by atoms with Crippen molar-refractivity contribution < 1.29 is 9.47 Å². The number of benzene rings is 2. The van der Waals surface area contributed by atoms with Crippen LogP contribution in [0.4, 0.5) is 5.82 Å². The van der Waals surface area contributed by atoms with Gasteiger partial charge in [0.2, 0.25) is 0 Å². The molecule has 3 heterocycles. The number of hydrogen-bond acceptors (Lipinski definition) is 6. The van der Waals surface area contributed by atoms with Crippen LogP contribution in [0.2, 0.25) is 0 Å². The Bertz CT molecular complexity index is 1240. The summed E-state index contributed by atoms with van der Waals surface area (Å²) in [6.07, 6.45) is 6.08. The van der Waals surface area contributed by atoms with Gasteiger partial charge in [-0.05, 0) is 11.6 Å². The first-order chi connectivity index (χ1) is 15.8. The number of nitrogens with one attached hydrogen (secondary N) is 1. The molecule has 0 bridgehead atoms. The summed E-state index contributed by atoms with van der Waals surface area (Å²) < 4.78 is 10.9. The Kier molecular flexibility index (Phi) is 5.64. The summed E-state index contributed by atoms with van der Waals surface area (Å²) >= 11 is 0. The van der Waals surface area contributed by atoms with Crippen LogP contribution < -0.4 is 14.4 Å². The first kappa shape index (κ1) is 20.3. The van der Waals surface area contributed by atoms with E-state index in [1.165, 1.54) is 5.56 Å². The highest BCUT2D eigenvalue weighted by Gasteiger charge is 2.21. The number of aromatic nitrogens is 3. The number of piperazine rings is 1. The number of hydrogen-bond donors (Lipinski definition) is 1. The van der Waals surface area contributed by atoms with E-state index in [4.69, 9.17) is 9.47 Å². The van der Waals surface area contributed by atoms with E-state index < -0.39 is 0 Å². The lowest BCUT2D eigenvalue weighted by Crippen LogP contribution is -2.46. The minimum atomic E-state index is 0.693. The molecule has 32 heavy (non-hydrogen) atoms. The number of rotatable bonds is 6. The van der Waals surface area contributed by atoms with Gasteiger partial charge in [-0.2, -0.15) is 0 Å². The summed E-state index contributed by atoms with van der Waals surface area (Å²) in [4.78, 5) is 17.5. The smallest absolute Gasteiger partial charge is 0.162 e. The van der Waals surface area contributed by atoms with Gasteiger partial charge >= 0.3 is 0 Å². The van der Waals surface area contributed by atoms with E-state index in [-0.39, 0.29) is 0 Å². The lowest BCUT2D eigenvalue weighted by Gasteiger charge is -2.34. The van der Waals surface area contributed by atoms with Crippen molar-refractivity contribution >= 4 is 33.8 Å². The van der Waals surface area contributed by atoms with Crippen molar-refractivity contribution in [3.8, 4) is 11.5 Å². The van der Waals surface area contributed by atoms with Crippen molar-refractivity contribution in [2.75, 3.05) is 51.8 Å². The lowest BCUT2D eigenvalue weighted by atomic mass is 10.2. The standard InChI is InChI=1S/C25H27N5O2/c1-31-21-15-19-20(16-22(21)32-2)28-24-23(19)26-17-27-25(24)30-13-11-29(12-14-30)10-6-9-18-7-4-3-5-8-18/h3-9,15-17,28H,10-14H2,1-2H3. The average molecular weight is 430 g/mol. The Hall–Kier alpha value is -3.58. The topological polar surface area (TPSA) is 66.5 Å².